The van der Waals surface area contributed by atoms with Gasteiger partial charge in [0.15, 0.2) is 0 Å². The molecule has 5 nitrogen and oxygen atoms in total. The molecule has 0 spiro atoms. The van der Waals surface area contributed by atoms with Gasteiger partial charge < -0.3 is 19.3 Å². The number of piperidine rings is 1. The minimum absolute atomic E-state index is 0.197. The first kappa shape index (κ1) is 20.5. The summed E-state index contributed by atoms with van der Waals surface area (Å²) in [6, 6.07) is 0.992. The fourth-order valence-corrected chi connectivity index (χ4v) is 4.05. The van der Waals surface area contributed by atoms with Crippen molar-refractivity contribution in [3.63, 3.8) is 0 Å². The van der Waals surface area contributed by atoms with Gasteiger partial charge in [0.25, 0.3) is 0 Å². The maximum atomic E-state index is 12.2. The lowest BCUT2D eigenvalue weighted by Gasteiger charge is -2.42. The summed E-state index contributed by atoms with van der Waals surface area (Å²) in [5.41, 5.74) is -0.428. The van der Waals surface area contributed by atoms with Crippen LogP contribution in [0.15, 0.2) is 0 Å². The molecule has 0 N–H and O–H groups in total. The van der Waals surface area contributed by atoms with Crippen molar-refractivity contribution in [2.75, 3.05) is 20.1 Å². The number of ether oxygens (including phenoxy) is 2. The highest BCUT2D eigenvalue weighted by atomic mass is 16.6. The van der Waals surface area contributed by atoms with E-state index in [0.717, 1.165) is 25.9 Å². The van der Waals surface area contributed by atoms with Gasteiger partial charge in [0, 0.05) is 32.2 Å². The van der Waals surface area contributed by atoms with Gasteiger partial charge >= 0.3 is 6.09 Å². The fraction of sp³-hybridized carbons (Fsp3) is 0.950. The Bertz CT molecular complexity index is 417. The number of rotatable bonds is 4. The van der Waals surface area contributed by atoms with Gasteiger partial charge in [-0.15, -0.1) is 0 Å². The zero-order valence-electron chi connectivity index (χ0n) is 17.1. The average Bonchev–Trinajstić information content (AvgIpc) is 2.53. The van der Waals surface area contributed by atoms with Crippen molar-refractivity contribution in [2.24, 2.45) is 0 Å². The lowest BCUT2D eigenvalue weighted by atomic mass is 9.90. The van der Waals surface area contributed by atoms with Gasteiger partial charge in [-0.3, -0.25) is 0 Å². The summed E-state index contributed by atoms with van der Waals surface area (Å²) in [5, 5.41) is 0. The third-order valence-electron chi connectivity index (χ3n) is 5.35. The first-order valence-electron chi connectivity index (χ1n) is 10.0. The molecule has 1 saturated heterocycles. The zero-order valence-corrected chi connectivity index (χ0v) is 17.1. The van der Waals surface area contributed by atoms with E-state index in [1.807, 2.05) is 27.8 Å². The number of amides is 1. The monoisotopic (exact) mass is 354 g/mol. The molecule has 2 rings (SSSR count). The standard InChI is InChI=1S/C20H38N2O3/c1-15(2)24-18-9-7-17(8-10-18)22-13-11-16(12-14-22)21(6)19(23)25-20(3,4)5/h15-18H,7-14H2,1-6H3. The molecule has 1 aliphatic carbocycles. The van der Waals surface area contributed by atoms with E-state index in [9.17, 15) is 4.79 Å². The fourth-order valence-electron chi connectivity index (χ4n) is 4.05. The van der Waals surface area contributed by atoms with Crippen LogP contribution in [-0.2, 0) is 9.47 Å². The summed E-state index contributed by atoms with van der Waals surface area (Å²) in [5.74, 6) is 0. The molecule has 0 aromatic heterocycles. The molecule has 0 unspecified atom stereocenters. The Morgan fingerprint density at radius 1 is 1.04 bits per heavy atom. The number of hydrogen-bond donors (Lipinski definition) is 0. The Morgan fingerprint density at radius 3 is 2.08 bits per heavy atom. The van der Waals surface area contributed by atoms with Gasteiger partial charge in [-0.25, -0.2) is 4.79 Å². The van der Waals surface area contributed by atoms with E-state index in [1.54, 1.807) is 4.90 Å². The van der Waals surface area contributed by atoms with Crippen LogP contribution >= 0.6 is 0 Å². The molecular weight excluding hydrogens is 316 g/mol. The van der Waals surface area contributed by atoms with Crippen molar-refractivity contribution < 1.29 is 14.3 Å². The van der Waals surface area contributed by atoms with Crippen molar-refractivity contribution in [2.45, 2.75) is 103 Å². The van der Waals surface area contributed by atoms with Crippen LogP contribution < -0.4 is 0 Å². The molecule has 0 aromatic rings. The van der Waals surface area contributed by atoms with E-state index >= 15 is 0 Å². The van der Waals surface area contributed by atoms with Crippen LogP contribution in [0.2, 0.25) is 0 Å². The molecule has 2 fully saturated rings. The minimum atomic E-state index is -0.428. The van der Waals surface area contributed by atoms with E-state index in [4.69, 9.17) is 9.47 Å². The number of hydrogen-bond acceptors (Lipinski definition) is 4. The Kier molecular flexibility index (Phi) is 7.15. The normalized spacial score (nSPS) is 26.7. The van der Waals surface area contributed by atoms with Crippen molar-refractivity contribution in [3.8, 4) is 0 Å². The minimum Gasteiger partial charge on any atom is -0.444 e. The molecule has 146 valence electrons. The van der Waals surface area contributed by atoms with Crippen LogP contribution in [-0.4, -0.2) is 65.9 Å². The van der Waals surface area contributed by atoms with Crippen LogP contribution in [0.25, 0.3) is 0 Å². The number of carbonyl (C=O) groups excluding carboxylic acids is 1. The third kappa shape index (κ3) is 6.45. The Morgan fingerprint density at radius 2 is 1.60 bits per heavy atom. The van der Waals surface area contributed by atoms with Crippen LogP contribution in [0.5, 0.6) is 0 Å². The molecular formula is C20H38N2O3. The smallest absolute Gasteiger partial charge is 0.410 e. The lowest BCUT2D eigenvalue weighted by Crippen LogP contribution is -2.50. The first-order chi connectivity index (χ1) is 11.7. The molecule has 2 aliphatic rings. The van der Waals surface area contributed by atoms with Gasteiger partial charge in [0.05, 0.1) is 12.2 Å². The molecule has 0 atom stereocenters. The van der Waals surface area contributed by atoms with Gasteiger partial charge in [-0.1, -0.05) is 0 Å². The summed E-state index contributed by atoms with van der Waals surface area (Å²) in [6.45, 7) is 12.2. The molecule has 0 bridgehead atoms. The van der Waals surface area contributed by atoms with E-state index in [1.165, 1.54) is 25.7 Å². The van der Waals surface area contributed by atoms with E-state index in [0.29, 0.717) is 24.3 Å². The number of carbonyl (C=O) groups is 1. The van der Waals surface area contributed by atoms with Crippen molar-refractivity contribution in [1.29, 1.82) is 0 Å². The lowest BCUT2D eigenvalue weighted by molar-refractivity contribution is -0.0310. The number of likely N-dealkylation sites (tertiary alicyclic amines) is 1. The predicted molar refractivity (Wildman–Crippen MR) is 101 cm³/mol. The second kappa shape index (κ2) is 8.72. The van der Waals surface area contributed by atoms with Gasteiger partial charge in [0.1, 0.15) is 5.60 Å². The Labute approximate surface area is 154 Å². The SMILES string of the molecule is CC(C)OC1CCC(N2CCC(N(C)C(=O)OC(C)(C)C)CC2)CC1. The predicted octanol–water partition coefficient (Wildman–Crippen LogP) is 4.05. The van der Waals surface area contributed by atoms with Crippen LogP contribution in [0.4, 0.5) is 4.79 Å². The second-order valence-electron chi connectivity index (χ2n) is 8.97. The average molecular weight is 355 g/mol. The van der Waals surface area contributed by atoms with Gasteiger partial charge in [-0.05, 0) is 73.1 Å². The number of nitrogens with zero attached hydrogens (tertiary/aromatic N) is 2. The summed E-state index contributed by atoms with van der Waals surface area (Å²) in [6.07, 6.45) is 7.51. The Hall–Kier alpha value is -0.810. The van der Waals surface area contributed by atoms with E-state index < -0.39 is 5.60 Å². The van der Waals surface area contributed by atoms with Gasteiger partial charge in [-0.2, -0.15) is 0 Å². The third-order valence-corrected chi connectivity index (χ3v) is 5.35. The van der Waals surface area contributed by atoms with Crippen molar-refractivity contribution in [3.05, 3.63) is 0 Å². The topological polar surface area (TPSA) is 42.0 Å². The molecule has 0 radical (unpaired) electrons. The molecule has 1 amide bonds. The highest BCUT2D eigenvalue weighted by Crippen LogP contribution is 2.29. The molecule has 0 aromatic carbocycles. The largest absolute Gasteiger partial charge is 0.444 e. The first-order valence-corrected chi connectivity index (χ1v) is 10.0. The maximum absolute atomic E-state index is 12.2. The summed E-state index contributed by atoms with van der Waals surface area (Å²) in [4.78, 5) is 16.7. The highest BCUT2D eigenvalue weighted by molar-refractivity contribution is 5.68. The molecule has 25 heavy (non-hydrogen) atoms. The van der Waals surface area contributed by atoms with Crippen molar-refractivity contribution >= 4 is 6.09 Å². The highest BCUT2D eigenvalue weighted by Gasteiger charge is 2.32. The summed E-state index contributed by atoms with van der Waals surface area (Å²) < 4.78 is 11.5. The second-order valence-corrected chi connectivity index (χ2v) is 8.97. The molecule has 1 aliphatic heterocycles. The van der Waals surface area contributed by atoms with Crippen molar-refractivity contribution in [1.82, 2.24) is 9.80 Å². The van der Waals surface area contributed by atoms with E-state index in [-0.39, 0.29) is 6.09 Å². The van der Waals surface area contributed by atoms with Crippen LogP contribution in [0.3, 0.4) is 0 Å². The summed E-state index contributed by atoms with van der Waals surface area (Å²) >= 11 is 0. The molecule has 1 heterocycles. The molecule has 1 saturated carbocycles. The Balaban J connectivity index is 1.74. The van der Waals surface area contributed by atoms with Gasteiger partial charge in [0.2, 0.25) is 0 Å². The summed E-state index contributed by atoms with van der Waals surface area (Å²) in [7, 11) is 1.88. The van der Waals surface area contributed by atoms with Crippen LogP contribution in [0, 0.1) is 0 Å². The van der Waals surface area contributed by atoms with Crippen LogP contribution in [0.1, 0.15) is 73.1 Å². The quantitative estimate of drug-likeness (QED) is 0.764. The molecule has 5 heteroatoms. The maximum Gasteiger partial charge on any atom is 0.410 e. The zero-order chi connectivity index (χ0) is 18.6. The van der Waals surface area contributed by atoms with E-state index in [2.05, 4.69) is 18.7 Å².